The molecule has 2 rings (SSSR count). The molecule has 1 aliphatic carbocycles. The van der Waals surface area contributed by atoms with E-state index in [0.29, 0.717) is 24.0 Å². The van der Waals surface area contributed by atoms with Crippen LogP contribution in [0, 0.1) is 25.7 Å². The third-order valence-electron chi connectivity index (χ3n) is 4.52. The maximum absolute atomic E-state index is 12.5. The molecule has 19 heavy (non-hydrogen) atoms. The lowest BCUT2D eigenvalue weighted by molar-refractivity contribution is -0.124. The minimum atomic E-state index is 0. The summed E-state index contributed by atoms with van der Waals surface area (Å²) >= 11 is 0. The molecule has 2 unspecified atom stereocenters. The van der Waals surface area contributed by atoms with E-state index in [2.05, 4.69) is 39.0 Å². The first kappa shape index (κ1) is 15.9. The van der Waals surface area contributed by atoms with Crippen LogP contribution in [0.3, 0.4) is 0 Å². The molecule has 2 atom stereocenters. The van der Waals surface area contributed by atoms with Crippen molar-refractivity contribution in [1.82, 2.24) is 0 Å². The van der Waals surface area contributed by atoms with E-state index < -0.39 is 0 Å². The Kier molecular flexibility index (Phi) is 5.78. The largest absolute Gasteiger partial charge is 0.299 e. The molecule has 1 nitrogen and oxygen atoms in total. The highest BCUT2D eigenvalue weighted by Gasteiger charge is 2.27. The van der Waals surface area contributed by atoms with Crippen LogP contribution in [-0.2, 0) is 11.2 Å². The number of Topliss-reactive ketones (excluding diaryl/α,β-unsaturated/α-hetero) is 1. The number of benzene rings is 1. The van der Waals surface area contributed by atoms with E-state index in [1.54, 1.807) is 0 Å². The zero-order valence-electron chi connectivity index (χ0n) is 11.8. The lowest BCUT2D eigenvalue weighted by Crippen LogP contribution is -2.27. The molecule has 0 N–H and O–H groups in total. The van der Waals surface area contributed by atoms with Crippen molar-refractivity contribution in [2.75, 3.05) is 0 Å². The molecule has 0 aliphatic heterocycles. The molecule has 1 aromatic carbocycles. The van der Waals surface area contributed by atoms with Gasteiger partial charge >= 0.3 is 0 Å². The Labute approximate surface area is 118 Å². The first-order valence-corrected chi connectivity index (χ1v) is 7.17. The van der Waals surface area contributed by atoms with Crippen molar-refractivity contribution < 1.29 is 4.79 Å². The fourth-order valence-corrected chi connectivity index (χ4v) is 3.23. The average Bonchev–Trinajstić information content (AvgIpc) is 2.34. The van der Waals surface area contributed by atoms with Crippen LogP contribution in [-0.4, -0.2) is 5.78 Å². The first-order chi connectivity index (χ1) is 8.59. The molecule has 1 aromatic rings. The van der Waals surface area contributed by atoms with Crippen LogP contribution >= 0.6 is 0 Å². The molecule has 1 saturated carbocycles. The van der Waals surface area contributed by atoms with Gasteiger partial charge in [0.1, 0.15) is 5.78 Å². The number of carbonyl (C=O) groups is 1. The number of rotatable bonds is 3. The summed E-state index contributed by atoms with van der Waals surface area (Å²) in [6, 6.07) is 6.29. The topological polar surface area (TPSA) is 17.1 Å². The normalized spacial score (nSPS) is 22.7. The van der Waals surface area contributed by atoms with Crippen molar-refractivity contribution >= 4 is 5.78 Å². The molecule has 0 amide bonds. The lowest BCUT2D eigenvalue weighted by Gasteiger charge is -2.27. The molecule has 0 saturated heterocycles. The van der Waals surface area contributed by atoms with E-state index in [4.69, 9.17) is 0 Å². The number of hydrogen-bond acceptors (Lipinski definition) is 1. The molecule has 1 fully saturated rings. The van der Waals surface area contributed by atoms with Crippen LogP contribution in [0.4, 0.5) is 0 Å². The standard InChI is InChI=1S/C17H24O.CH4/c1-12-7-4-5-10-15(12)17(18)11-16-13(2)8-6-9-14(16)3;/h6,8-9,12,15H,4-5,7,10-11H2,1-3H3;1H4. The summed E-state index contributed by atoms with van der Waals surface area (Å²) in [4.78, 5) is 12.5. The van der Waals surface area contributed by atoms with Gasteiger partial charge in [-0.25, -0.2) is 0 Å². The Morgan fingerprint density at radius 3 is 2.32 bits per heavy atom. The van der Waals surface area contributed by atoms with E-state index in [9.17, 15) is 4.79 Å². The van der Waals surface area contributed by atoms with Gasteiger partial charge in [0, 0.05) is 12.3 Å². The minimum absolute atomic E-state index is 0. The zero-order chi connectivity index (χ0) is 13.1. The first-order valence-electron chi connectivity index (χ1n) is 7.17. The van der Waals surface area contributed by atoms with Crippen LogP contribution in [0.15, 0.2) is 18.2 Å². The fourth-order valence-electron chi connectivity index (χ4n) is 3.23. The van der Waals surface area contributed by atoms with Crippen LogP contribution in [0.2, 0.25) is 0 Å². The Bertz CT molecular complexity index is 413. The fraction of sp³-hybridized carbons (Fsp3) is 0.611. The number of aryl methyl sites for hydroxylation is 2. The lowest BCUT2D eigenvalue weighted by atomic mass is 9.76. The Balaban J connectivity index is 0.00000180. The van der Waals surface area contributed by atoms with E-state index in [-0.39, 0.29) is 7.43 Å². The summed E-state index contributed by atoms with van der Waals surface area (Å²) in [5.41, 5.74) is 3.76. The number of hydrogen-bond donors (Lipinski definition) is 0. The average molecular weight is 260 g/mol. The Morgan fingerprint density at radius 1 is 1.16 bits per heavy atom. The predicted octanol–water partition coefficient (Wildman–Crippen LogP) is 4.88. The summed E-state index contributed by atoms with van der Waals surface area (Å²) in [5.74, 6) is 1.34. The summed E-state index contributed by atoms with van der Waals surface area (Å²) < 4.78 is 0. The molecular weight excluding hydrogens is 232 g/mol. The quantitative estimate of drug-likeness (QED) is 0.757. The molecule has 0 spiro atoms. The van der Waals surface area contributed by atoms with Crippen LogP contribution in [0.5, 0.6) is 0 Å². The zero-order valence-corrected chi connectivity index (χ0v) is 11.8. The molecule has 0 radical (unpaired) electrons. The monoisotopic (exact) mass is 260 g/mol. The maximum Gasteiger partial charge on any atom is 0.140 e. The predicted molar refractivity (Wildman–Crippen MR) is 82.5 cm³/mol. The summed E-state index contributed by atoms with van der Waals surface area (Å²) in [6.45, 7) is 6.46. The van der Waals surface area contributed by atoms with Crippen LogP contribution in [0.25, 0.3) is 0 Å². The van der Waals surface area contributed by atoms with Crippen LogP contribution < -0.4 is 0 Å². The third kappa shape index (κ3) is 3.68. The van der Waals surface area contributed by atoms with E-state index in [1.165, 1.54) is 36.0 Å². The van der Waals surface area contributed by atoms with Gasteiger partial charge in [0.25, 0.3) is 0 Å². The Hall–Kier alpha value is -1.11. The molecule has 106 valence electrons. The third-order valence-corrected chi connectivity index (χ3v) is 4.52. The molecule has 0 bridgehead atoms. The van der Waals surface area contributed by atoms with Crippen molar-refractivity contribution in [2.45, 2.75) is 60.3 Å². The van der Waals surface area contributed by atoms with Gasteiger partial charge in [0.2, 0.25) is 0 Å². The second kappa shape index (κ2) is 6.88. The van der Waals surface area contributed by atoms with Gasteiger partial charge < -0.3 is 0 Å². The number of carbonyl (C=O) groups excluding carboxylic acids is 1. The summed E-state index contributed by atoms with van der Waals surface area (Å²) in [5, 5.41) is 0. The number of ketones is 1. The second-order valence-corrected chi connectivity index (χ2v) is 5.88. The maximum atomic E-state index is 12.5. The van der Waals surface area contributed by atoms with E-state index >= 15 is 0 Å². The highest BCUT2D eigenvalue weighted by molar-refractivity contribution is 5.84. The molecule has 1 heteroatoms. The second-order valence-electron chi connectivity index (χ2n) is 5.88. The van der Waals surface area contributed by atoms with E-state index in [1.807, 2.05) is 0 Å². The van der Waals surface area contributed by atoms with Crippen molar-refractivity contribution in [3.63, 3.8) is 0 Å². The SMILES string of the molecule is C.Cc1cccc(C)c1CC(=O)C1CCCCC1C. The van der Waals surface area contributed by atoms with Crippen molar-refractivity contribution in [1.29, 1.82) is 0 Å². The smallest absolute Gasteiger partial charge is 0.140 e. The van der Waals surface area contributed by atoms with Gasteiger partial charge in [-0.2, -0.15) is 0 Å². The summed E-state index contributed by atoms with van der Waals surface area (Å²) in [6.07, 6.45) is 5.49. The highest BCUT2D eigenvalue weighted by atomic mass is 16.1. The molecular formula is C18H28O. The van der Waals surface area contributed by atoms with E-state index in [0.717, 1.165) is 6.42 Å². The van der Waals surface area contributed by atoms with Gasteiger partial charge in [-0.15, -0.1) is 0 Å². The Morgan fingerprint density at radius 2 is 1.74 bits per heavy atom. The van der Waals surface area contributed by atoms with Crippen molar-refractivity contribution in [3.8, 4) is 0 Å². The van der Waals surface area contributed by atoms with Gasteiger partial charge in [0.15, 0.2) is 0 Å². The van der Waals surface area contributed by atoms with Gasteiger partial charge in [0.05, 0.1) is 0 Å². The highest BCUT2D eigenvalue weighted by Crippen LogP contribution is 2.31. The van der Waals surface area contributed by atoms with Crippen molar-refractivity contribution in [2.24, 2.45) is 11.8 Å². The minimum Gasteiger partial charge on any atom is -0.299 e. The van der Waals surface area contributed by atoms with Crippen molar-refractivity contribution in [3.05, 3.63) is 34.9 Å². The van der Waals surface area contributed by atoms with Crippen LogP contribution in [0.1, 0.15) is 56.7 Å². The molecule has 0 heterocycles. The van der Waals surface area contributed by atoms with Gasteiger partial charge in [-0.05, 0) is 42.9 Å². The molecule has 0 aromatic heterocycles. The molecule has 1 aliphatic rings. The summed E-state index contributed by atoms with van der Waals surface area (Å²) in [7, 11) is 0. The van der Waals surface area contributed by atoms with Gasteiger partial charge in [-0.3, -0.25) is 4.79 Å². The van der Waals surface area contributed by atoms with Gasteiger partial charge in [-0.1, -0.05) is 51.8 Å².